The molecule has 4 aromatic rings. The van der Waals surface area contributed by atoms with Gasteiger partial charge in [-0.2, -0.15) is 4.98 Å². The number of halogens is 1. The number of rotatable bonds is 6. The minimum atomic E-state index is -0.373. The van der Waals surface area contributed by atoms with Gasteiger partial charge in [0.05, 0.1) is 18.7 Å². The molecule has 1 aromatic heterocycles. The smallest absolute Gasteiger partial charge is 0.255 e. The minimum Gasteiger partial charge on any atom is -0.378 e. The van der Waals surface area contributed by atoms with Gasteiger partial charge in [-0.05, 0) is 54.1 Å². The van der Waals surface area contributed by atoms with Crippen LogP contribution < -0.4 is 15.5 Å². The Morgan fingerprint density at radius 3 is 2.44 bits per heavy atom. The molecular formula is C26H24FN5O2. The molecular weight excluding hydrogens is 433 g/mol. The van der Waals surface area contributed by atoms with Gasteiger partial charge in [0.15, 0.2) is 0 Å². The molecule has 0 spiro atoms. The van der Waals surface area contributed by atoms with E-state index >= 15 is 0 Å². The quantitative estimate of drug-likeness (QED) is 0.445. The van der Waals surface area contributed by atoms with Crippen molar-refractivity contribution in [2.24, 2.45) is 0 Å². The van der Waals surface area contributed by atoms with E-state index in [0.29, 0.717) is 37.0 Å². The maximum Gasteiger partial charge on any atom is 0.255 e. The molecule has 0 unspecified atom stereocenters. The fourth-order valence-electron chi connectivity index (χ4n) is 3.80. The molecule has 2 heterocycles. The fraction of sp³-hybridized carbons (Fsp3) is 0.192. The Labute approximate surface area is 196 Å². The van der Waals surface area contributed by atoms with E-state index in [2.05, 4.69) is 15.5 Å². The van der Waals surface area contributed by atoms with Gasteiger partial charge in [0, 0.05) is 36.3 Å². The normalized spacial score (nSPS) is 13.6. The summed E-state index contributed by atoms with van der Waals surface area (Å²) in [6.45, 7) is 3.44. The van der Waals surface area contributed by atoms with Crippen LogP contribution in [-0.4, -0.2) is 42.2 Å². The Balaban J connectivity index is 1.28. The summed E-state index contributed by atoms with van der Waals surface area (Å²) in [5, 5.41) is 7.23. The van der Waals surface area contributed by atoms with Crippen molar-refractivity contribution in [3.63, 3.8) is 0 Å². The van der Waals surface area contributed by atoms with Crippen molar-refractivity contribution in [1.82, 2.24) is 9.97 Å². The van der Waals surface area contributed by atoms with Crippen LogP contribution in [0.25, 0.3) is 10.9 Å². The molecule has 0 saturated carbocycles. The van der Waals surface area contributed by atoms with Crippen LogP contribution in [-0.2, 0) is 11.3 Å². The van der Waals surface area contributed by atoms with Crippen molar-refractivity contribution in [1.29, 1.82) is 0 Å². The molecule has 0 radical (unpaired) electrons. The van der Waals surface area contributed by atoms with Crippen LogP contribution in [0.15, 0.2) is 72.8 Å². The van der Waals surface area contributed by atoms with Gasteiger partial charge >= 0.3 is 0 Å². The first kappa shape index (κ1) is 21.8. The predicted molar refractivity (Wildman–Crippen MR) is 131 cm³/mol. The summed E-state index contributed by atoms with van der Waals surface area (Å²) in [6.07, 6.45) is 0. The van der Waals surface area contributed by atoms with Crippen molar-refractivity contribution < 1.29 is 13.9 Å². The van der Waals surface area contributed by atoms with E-state index in [1.54, 1.807) is 0 Å². The number of carbonyl (C=O) groups excluding carboxylic acids is 1. The first-order valence-electron chi connectivity index (χ1n) is 11.1. The number of ether oxygens (including phenoxy) is 1. The van der Waals surface area contributed by atoms with Gasteiger partial charge < -0.3 is 20.3 Å². The summed E-state index contributed by atoms with van der Waals surface area (Å²) >= 11 is 0. The molecule has 1 saturated heterocycles. The van der Waals surface area contributed by atoms with Crippen LogP contribution in [0.3, 0.4) is 0 Å². The van der Waals surface area contributed by atoms with Crippen LogP contribution in [0.1, 0.15) is 15.9 Å². The van der Waals surface area contributed by atoms with Crippen molar-refractivity contribution in [2.75, 3.05) is 41.8 Å². The zero-order chi connectivity index (χ0) is 23.3. The molecule has 0 aliphatic carbocycles. The van der Waals surface area contributed by atoms with Gasteiger partial charge in [0.25, 0.3) is 5.91 Å². The second-order valence-electron chi connectivity index (χ2n) is 8.00. The third-order valence-corrected chi connectivity index (χ3v) is 5.66. The zero-order valence-corrected chi connectivity index (χ0v) is 18.5. The number of para-hydroxylation sites is 1. The van der Waals surface area contributed by atoms with E-state index < -0.39 is 0 Å². The lowest BCUT2D eigenvalue weighted by Gasteiger charge is -2.27. The van der Waals surface area contributed by atoms with E-state index in [0.717, 1.165) is 35.4 Å². The van der Waals surface area contributed by atoms with Crippen molar-refractivity contribution in [2.45, 2.75) is 6.54 Å². The van der Waals surface area contributed by atoms with E-state index in [4.69, 9.17) is 14.7 Å². The fourth-order valence-corrected chi connectivity index (χ4v) is 3.80. The predicted octanol–water partition coefficient (Wildman–Crippen LogP) is 4.47. The molecule has 172 valence electrons. The molecule has 1 amide bonds. The highest BCUT2D eigenvalue weighted by molar-refractivity contribution is 6.04. The van der Waals surface area contributed by atoms with Gasteiger partial charge in [-0.15, -0.1) is 0 Å². The van der Waals surface area contributed by atoms with Crippen LogP contribution in [0, 0.1) is 5.82 Å². The minimum absolute atomic E-state index is 0.283. The highest BCUT2D eigenvalue weighted by Gasteiger charge is 2.16. The van der Waals surface area contributed by atoms with Gasteiger partial charge in [0.2, 0.25) is 5.95 Å². The van der Waals surface area contributed by atoms with Gasteiger partial charge in [-0.1, -0.05) is 24.3 Å². The van der Waals surface area contributed by atoms with Crippen molar-refractivity contribution in [3.8, 4) is 0 Å². The number of nitrogens with one attached hydrogen (secondary N) is 2. The van der Waals surface area contributed by atoms with Gasteiger partial charge in [-0.25, -0.2) is 9.37 Å². The highest BCUT2D eigenvalue weighted by Crippen LogP contribution is 2.24. The third kappa shape index (κ3) is 4.97. The standard InChI is InChI=1S/C26H24FN5O2/c27-20-9-7-19(8-10-20)25(33)29-21-11-5-18(6-12-21)17-28-24-22-3-1-2-4-23(22)30-26(31-24)32-13-15-34-16-14-32/h1-12H,13-17H2,(H,29,33)(H,28,30,31). The molecule has 1 aliphatic rings. The number of amides is 1. The van der Waals surface area contributed by atoms with Gasteiger partial charge in [0.1, 0.15) is 11.6 Å². The molecule has 8 heteroatoms. The summed E-state index contributed by atoms with van der Waals surface area (Å²) in [5.41, 5.74) is 3.00. The molecule has 34 heavy (non-hydrogen) atoms. The first-order valence-corrected chi connectivity index (χ1v) is 11.1. The van der Waals surface area contributed by atoms with Crippen LogP contribution in [0.2, 0.25) is 0 Å². The second-order valence-corrected chi connectivity index (χ2v) is 8.00. The van der Waals surface area contributed by atoms with E-state index in [-0.39, 0.29) is 11.7 Å². The van der Waals surface area contributed by atoms with Crippen LogP contribution in [0.5, 0.6) is 0 Å². The average molecular weight is 458 g/mol. The topological polar surface area (TPSA) is 79.4 Å². The number of nitrogens with zero attached hydrogens (tertiary/aromatic N) is 3. The van der Waals surface area contributed by atoms with Crippen molar-refractivity contribution in [3.05, 3.63) is 89.7 Å². The molecule has 1 aliphatic heterocycles. The monoisotopic (exact) mass is 457 g/mol. The number of hydrogen-bond acceptors (Lipinski definition) is 6. The first-order chi connectivity index (χ1) is 16.7. The Morgan fingerprint density at radius 1 is 0.941 bits per heavy atom. The lowest BCUT2D eigenvalue weighted by molar-refractivity contribution is 0.102. The number of carbonyl (C=O) groups is 1. The second kappa shape index (κ2) is 9.84. The van der Waals surface area contributed by atoms with Crippen LogP contribution in [0.4, 0.5) is 21.8 Å². The molecule has 1 fully saturated rings. The maximum absolute atomic E-state index is 13.1. The Morgan fingerprint density at radius 2 is 1.68 bits per heavy atom. The number of benzene rings is 3. The Bertz CT molecular complexity index is 1290. The third-order valence-electron chi connectivity index (χ3n) is 5.66. The van der Waals surface area contributed by atoms with Crippen molar-refractivity contribution >= 4 is 34.3 Å². The van der Waals surface area contributed by atoms with E-state index in [1.165, 1.54) is 24.3 Å². The zero-order valence-electron chi connectivity index (χ0n) is 18.5. The summed E-state index contributed by atoms with van der Waals surface area (Å²) in [5.74, 6) is 0.819. The van der Waals surface area contributed by atoms with E-state index in [9.17, 15) is 9.18 Å². The number of anilines is 3. The van der Waals surface area contributed by atoms with Gasteiger partial charge in [-0.3, -0.25) is 4.79 Å². The molecule has 3 aromatic carbocycles. The maximum atomic E-state index is 13.1. The van der Waals surface area contributed by atoms with E-state index in [1.807, 2.05) is 48.5 Å². The Kier molecular flexibility index (Phi) is 6.31. The Hall–Kier alpha value is -4.04. The number of hydrogen-bond donors (Lipinski definition) is 2. The largest absolute Gasteiger partial charge is 0.378 e. The summed E-state index contributed by atoms with van der Waals surface area (Å²) < 4.78 is 18.5. The highest BCUT2D eigenvalue weighted by atomic mass is 19.1. The summed E-state index contributed by atoms with van der Waals surface area (Å²) in [4.78, 5) is 24.0. The molecule has 5 rings (SSSR count). The summed E-state index contributed by atoms with van der Waals surface area (Å²) in [7, 11) is 0. The average Bonchev–Trinajstić information content (AvgIpc) is 2.89. The van der Waals surface area contributed by atoms with Crippen LogP contribution >= 0.6 is 0 Å². The molecule has 0 bridgehead atoms. The SMILES string of the molecule is O=C(Nc1ccc(CNc2nc(N3CCOCC3)nc3ccccc23)cc1)c1ccc(F)cc1. The molecule has 2 N–H and O–H groups in total. The summed E-state index contributed by atoms with van der Waals surface area (Å²) in [6, 6.07) is 21.0. The lowest BCUT2D eigenvalue weighted by Crippen LogP contribution is -2.37. The number of fused-ring (bicyclic) bond motifs is 1. The number of morpholine rings is 1. The molecule has 0 atom stereocenters. The lowest BCUT2D eigenvalue weighted by atomic mass is 10.1. The molecule has 7 nitrogen and oxygen atoms in total. The number of aromatic nitrogens is 2.